The number of hydrogen-bond donors (Lipinski definition) is 1. The Morgan fingerprint density at radius 2 is 1.73 bits per heavy atom. The average molecular weight is 404 g/mol. The maximum atomic E-state index is 12.9. The van der Waals surface area contributed by atoms with Crippen molar-refractivity contribution >= 4 is 43.7 Å². The molecule has 1 heterocycles. The first-order valence-corrected chi connectivity index (χ1v) is 9.82. The highest BCUT2D eigenvalue weighted by atomic mass is 79.9. The molecule has 0 amide bonds. The highest BCUT2D eigenvalue weighted by molar-refractivity contribution is 9.10. The van der Waals surface area contributed by atoms with Gasteiger partial charge in [-0.15, -0.1) is 0 Å². The van der Waals surface area contributed by atoms with Gasteiger partial charge in [0.05, 0.1) is 6.04 Å². The summed E-state index contributed by atoms with van der Waals surface area (Å²) in [6.07, 6.45) is 2.55. The highest BCUT2D eigenvalue weighted by Crippen LogP contribution is 2.47. The Labute approximate surface area is 161 Å². The van der Waals surface area contributed by atoms with Crippen molar-refractivity contribution in [2.24, 2.45) is 0 Å². The van der Waals surface area contributed by atoms with Gasteiger partial charge in [-0.25, -0.2) is 0 Å². The van der Waals surface area contributed by atoms with Crippen LogP contribution in [0, 0.1) is 0 Å². The summed E-state index contributed by atoms with van der Waals surface area (Å²) in [4.78, 5) is 12.9. The molecule has 0 unspecified atom stereocenters. The number of Topliss-reactive ketones (excluding diaryl/α,β-unsaturated/α-hetero) is 1. The number of nitrogens with one attached hydrogen (secondary N) is 1. The lowest BCUT2D eigenvalue weighted by Crippen LogP contribution is -2.27. The molecule has 0 saturated carbocycles. The van der Waals surface area contributed by atoms with Crippen LogP contribution < -0.4 is 5.32 Å². The number of ketones is 1. The fourth-order valence-corrected chi connectivity index (χ4v) is 4.57. The van der Waals surface area contributed by atoms with E-state index in [1.165, 1.54) is 21.9 Å². The number of hydrogen-bond acceptors (Lipinski definition) is 2. The van der Waals surface area contributed by atoms with Gasteiger partial charge in [-0.05, 0) is 52.9 Å². The molecule has 3 aromatic rings. The van der Waals surface area contributed by atoms with Gasteiger partial charge in [-0.2, -0.15) is 0 Å². The lowest BCUT2D eigenvalue weighted by atomic mass is 9.77. The van der Waals surface area contributed by atoms with Crippen molar-refractivity contribution in [1.29, 1.82) is 0 Å². The van der Waals surface area contributed by atoms with Gasteiger partial charge in [0, 0.05) is 27.7 Å². The predicted molar refractivity (Wildman–Crippen MR) is 110 cm³/mol. The van der Waals surface area contributed by atoms with Gasteiger partial charge in [0.2, 0.25) is 0 Å². The second-order valence-electron chi connectivity index (χ2n) is 7.01. The van der Waals surface area contributed by atoms with Gasteiger partial charge >= 0.3 is 0 Å². The van der Waals surface area contributed by atoms with E-state index < -0.39 is 0 Å². The molecule has 2 aliphatic rings. The maximum absolute atomic E-state index is 12.9. The Kier molecular flexibility index (Phi) is 3.71. The van der Waals surface area contributed by atoms with Gasteiger partial charge in [0.1, 0.15) is 0 Å². The predicted octanol–water partition coefficient (Wildman–Crippen LogP) is 6.28. The van der Waals surface area contributed by atoms with Crippen molar-refractivity contribution in [1.82, 2.24) is 0 Å². The van der Waals surface area contributed by atoms with E-state index in [0.717, 1.165) is 34.1 Å². The second kappa shape index (κ2) is 6.10. The third-order valence-electron chi connectivity index (χ3n) is 5.48. The Bertz CT molecular complexity index is 1070. The van der Waals surface area contributed by atoms with Gasteiger partial charge in [-0.3, -0.25) is 4.79 Å². The van der Waals surface area contributed by atoms with E-state index in [2.05, 4.69) is 69.8 Å². The van der Waals surface area contributed by atoms with Gasteiger partial charge in [0.15, 0.2) is 5.78 Å². The van der Waals surface area contributed by atoms with Gasteiger partial charge in [0.25, 0.3) is 0 Å². The van der Waals surface area contributed by atoms with Crippen LogP contribution in [0.4, 0.5) is 5.69 Å². The quantitative estimate of drug-likeness (QED) is 0.518. The van der Waals surface area contributed by atoms with Crippen LogP contribution in [0.25, 0.3) is 16.3 Å². The van der Waals surface area contributed by atoms with E-state index in [1.807, 2.05) is 12.1 Å². The van der Waals surface area contributed by atoms with Crippen LogP contribution in [-0.4, -0.2) is 5.78 Å². The number of allylic oxidation sites excluding steroid dienone is 1. The van der Waals surface area contributed by atoms with Crippen molar-refractivity contribution in [3.8, 4) is 0 Å². The van der Waals surface area contributed by atoms with Crippen LogP contribution in [-0.2, 0) is 4.79 Å². The molecule has 3 aromatic carbocycles. The van der Waals surface area contributed by atoms with Crippen LogP contribution in [0.2, 0.25) is 0 Å². The molecule has 1 N–H and O–H groups in total. The Morgan fingerprint density at radius 1 is 0.923 bits per heavy atom. The van der Waals surface area contributed by atoms with E-state index in [4.69, 9.17) is 0 Å². The first-order valence-electron chi connectivity index (χ1n) is 9.03. The molecule has 0 fully saturated rings. The fraction of sp³-hybridized carbons (Fsp3) is 0.174. The summed E-state index contributed by atoms with van der Waals surface area (Å²) in [5.74, 6) is 0.283. The first kappa shape index (κ1) is 15.8. The maximum Gasteiger partial charge on any atom is 0.161 e. The van der Waals surface area contributed by atoms with E-state index in [9.17, 15) is 4.79 Å². The number of fused-ring (bicyclic) bond motifs is 4. The smallest absolute Gasteiger partial charge is 0.161 e. The van der Waals surface area contributed by atoms with Gasteiger partial charge in [-0.1, -0.05) is 58.4 Å². The first-order chi connectivity index (χ1) is 12.7. The summed E-state index contributed by atoms with van der Waals surface area (Å²) in [5, 5.41) is 6.11. The van der Waals surface area contributed by atoms with Crippen molar-refractivity contribution in [2.75, 3.05) is 5.32 Å². The molecule has 1 aliphatic heterocycles. The number of rotatable bonds is 1. The van der Waals surface area contributed by atoms with Crippen molar-refractivity contribution in [3.63, 3.8) is 0 Å². The molecule has 5 rings (SSSR count). The minimum Gasteiger partial charge on any atom is -0.373 e. The number of benzene rings is 3. The van der Waals surface area contributed by atoms with Gasteiger partial charge < -0.3 is 5.32 Å². The molecule has 0 bridgehead atoms. The zero-order valence-corrected chi connectivity index (χ0v) is 15.8. The van der Waals surface area contributed by atoms with Crippen molar-refractivity contribution < 1.29 is 4.79 Å². The van der Waals surface area contributed by atoms with Crippen LogP contribution in [0.1, 0.15) is 36.4 Å². The van der Waals surface area contributed by atoms with Crippen molar-refractivity contribution in [2.45, 2.75) is 25.3 Å². The molecule has 0 aromatic heterocycles. The molecular formula is C23H18BrNO. The number of carbonyl (C=O) groups excluding carboxylic acids is 1. The molecule has 1 atom stereocenters. The molecule has 0 radical (unpaired) electrons. The Morgan fingerprint density at radius 3 is 2.58 bits per heavy atom. The Balaban J connectivity index is 1.78. The third kappa shape index (κ3) is 2.42. The zero-order chi connectivity index (χ0) is 17.7. The third-order valence-corrected chi connectivity index (χ3v) is 6.01. The highest BCUT2D eigenvalue weighted by Gasteiger charge is 2.34. The van der Waals surface area contributed by atoms with Crippen LogP contribution in [0.5, 0.6) is 0 Å². The minimum absolute atomic E-state index is 0.0698. The van der Waals surface area contributed by atoms with E-state index in [1.54, 1.807) is 0 Å². The molecule has 0 saturated heterocycles. The van der Waals surface area contributed by atoms with E-state index in [0.29, 0.717) is 6.42 Å². The van der Waals surface area contributed by atoms with Crippen LogP contribution in [0.15, 0.2) is 70.7 Å². The summed E-state index contributed by atoms with van der Waals surface area (Å²) in [6, 6.07) is 21.0. The summed E-state index contributed by atoms with van der Waals surface area (Å²) < 4.78 is 1.05. The summed E-state index contributed by atoms with van der Waals surface area (Å²) >= 11 is 3.50. The number of carbonyl (C=O) groups is 1. The summed E-state index contributed by atoms with van der Waals surface area (Å²) in [5.41, 5.74) is 5.68. The van der Waals surface area contributed by atoms with E-state index >= 15 is 0 Å². The molecule has 2 nitrogen and oxygen atoms in total. The molecule has 0 spiro atoms. The van der Waals surface area contributed by atoms with Crippen LogP contribution in [0.3, 0.4) is 0 Å². The number of halogens is 1. The summed E-state index contributed by atoms with van der Waals surface area (Å²) in [7, 11) is 0. The van der Waals surface area contributed by atoms with Crippen molar-refractivity contribution in [3.05, 3.63) is 81.8 Å². The molecule has 1 aliphatic carbocycles. The molecule has 26 heavy (non-hydrogen) atoms. The average Bonchev–Trinajstić information content (AvgIpc) is 2.68. The zero-order valence-electron chi connectivity index (χ0n) is 14.3. The minimum atomic E-state index is -0.0698. The lowest BCUT2D eigenvalue weighted by Gasteiger charge is -2.35. The Hall–Kier alpha value is -2.39. The molecule has 3 heteroatoms. The summed E-state index contributed by atoms with van der Waals surface area (Å²) in [6.45, 7) is 0. The molecular weight excluding hydrogens is 386 g/mol. The van der Waals surface area contributed by atoms with E-state index in [-0.39, 0.29) is 11.8 Å². The fourth-order valence-electron chi connectivity index (χ4n) is 4.31. The SMILES string of the molecule is O=C1CCCC2=C1[C@H](c1ccc(Br)cc1)Nc1ccc3ccccc3c12. The number of anilines is 1. The standard InChI is InChI=1S/C23H18BrNO/c24-16-11-8-15(9-12-16)23-22-18(6-3-7-20(22)26)21-17-5-2-1-4-14(17)10-13-19(21)25-23/h1-2,4-5,8-13,23,25H,3,6-7H2/t23-/m0/s1. The largest absolute Gasteiger partial charge is 0.373 e. The topological polar surface area (TPSA) is 29.1 Å². The molecule has 128 valence electrons. The second-order valence-corrected chi connectivity index (χ2v) is 7.92. The monoisotopic (exact) mass is 403 g/mol. The normalized spacial score (nSPS) is 19.1. The van der Waals surface area contributed by atoms with Crippen LogP contribution >= 0.6 is 15.9 Å². The lowest BCUT2D eigenvalue weighted by molar-refractivity contribution is -0.116.